The topological polar surface area (TPSA) is 206 Å². The predicted octanol–water partition coefficient (Wildman–Crippen LogP) is 2.98. The zero-order valence-corrected chi connectivity index (χ0v) is 23.0. The lowest BCUT2D eigenvalue weighted by atomic mass is 10.1. The van der Waals surface area contributed by atoms with E-state index in [1.54, 1.807) is 41.5 Å². The number of carbonyl (C=O) groups is 4. The van der Waals surface area contributed by atoms with Crippen molar-refractivity contribution in [2.24, 2.45) is 11.0 Å². The minimum Gasteiger partial charge on any atom is -0.458 e. The summed E-state index contributed by atoms with van der Waals surface area (Å²) in [6.07, 6.45) is -3.09. The average molecular weight is 587 g/mol. The van der Waals surface area contributed by atoms with Gasteiger partial charge in [-0.15, -0.1) is 0 Å². The van der Waals surface area contributed by atoms with E-state index < -0.39 is 54.3 Å². The first-order valence-corrected chi connectivity index (χ1v) is 11.7. The molecule has 0 saturated carbocycles. The second-order valence-corrected chi connectivity index (χ2v) is 10.3. The van der Waals surface area contributed by atoms with Gasteiger partial charge in [0.15, 0.2) is 0 Å². The van der Waals surface area contributed by atoms with Gasteiger partial charge in [-0.25, -0.2) is 20.4 Å². The third-order valence-electron chi connectivity index (χ3n) is 4.24. The van der Waals surface area contributed by atoms with Crippen molar-refractivity contribution < 1.29 is 38.6 Å². The van der Waals surface area contributed by atoms with Gasteiger partial charge in [0.25, 0.3) is 17.9 Å². The first-order valence-electron chi connectivity index (χ1n) is 10.9. The van der Waals surface area contributed by atoms with E-state index in [4.69, 9.17) is 20.9 Å². The number of nitrogens with one attached hydrogen (secondary N) is 1. The molecule has 0 aromatic heterocycles. The second-order valence-electron chi connectivity index (χ2n) is 9.56. The minimum absolute atomic E-state index is 0.0144. The summed E-state index contributed by atoms with van der Waals surface area (Å²) in [5, 5.41) is 15.6. The molecule has 4 N–H and O–H groups in total. The molecule has 14 nitrogen and oxygen atoms in total. The Labute approximate surface area is 222 Å². The maximum absolute atomic E-state index is 13.1. The SMILES string of the molecule is CC(C)(C)OC(=O)C(ON)C(=O)N(CCNC(=O)c1c(CO)ccc(N=[N+]=[N-])c1Br)C(=O)OC(C)(C)C. The lowest BCUT2D eigenvalue weighted by Gasteiger charge is -2.29. The molecule has 0 heterocycles. The summed E-state index contributed by atoms with van der Waals surface area (Å²) in [5.41, 5.74) is 7.06. The van der Waals surface area contributed by atoms with Crippen molar-refractivity contribution in [1.29, 1.82) is 0 Å². The van der Waals surface area contributed by atoms with Crippen LogP contribution in [0.2, 0.25) is 0 Å². The Morgan fingerprint density at radius 1 is 1.16 bits per heavy atom. The molecular weight excluding hydrogens is 556 g/mol. The van der Waals surface area contributed by atoms with E-state index in [1.165, 1.54) is 12.1 Å². The number of nitrogens with two attached hydrogens (primary N) is 1. The van der Waals surface area contributed by atoms with Crippen LogP contribution in [-0.2, 0) is 30.5 Å². The summed E-state index contributed by atoms with van der Waals surface area (Å²) in [6, 6.07) is 2.82. The van der Waals surface area contributed by atoms with E-state index in [2.05, 4.69) is 36.1 Å². The molecule has 37 heavy (non-hydrogen) atoms. The quantitative estimate of drug-likeness (QED) is 0.0968. The van der Waals surface area contributed by atoms with Crippen molar-refractivity contribution in [3.63, 3.8) is 0 Å². The van der Waals surface area contributed by atoms with Crippen LogP contribution in [0.1, 0.15) is 57.5 Å². The highest BCUT2D eigenvalue weighted by atomic mass is 79.9. The van der Waals surface area contributed by atoms with Gasteiger partial charge in [0.1, 0.15) is 11.2 Å². The van der Waals surface area contributed by atoms with Gasteiger partial charge < -0.3 is 19.9 Å². The number of imide groups is 1. The van der Waals surface area contributed by atoms with E-state index in [1.807, 2.05) is 0 Å². The van der Waals surface area contributed by atoms with E-state index >= 15 is 0 Å². The lowest BCUT2D eigenvalue weighted by molar-refractivity contribution is -0.174. The van der Waals surface area contributed by atoms with Gasteiger partial charge in [-0.2, -0.15) is 0 Å². The molecule has 1 atom stereocenters. The Kier molecular flexibility index (Phi) is 11.5. The van der Waals surface area contributed by atoms with Gasteiger partial charge in [-0.3, -0.25) is 14.4 Å². The molecule has 204 valence electrons. The van der Waals surface area contributed by atoms with Crippen LogP contribution in [0.3, 0.4) is 0 Å². The molecule has 0 spiro atoms. The van der Waals surface area contributed by atoms with Crippen LogP contribution in [0.5, 0.6) is 0 Å². The Morgan fingerprint density at radius 3 is 2.24 bits per heavy atom. The number of ether oxygens (including phenoxy) is 2. The number of halogens is 1. The highest BCUT2D eigenvalue weighted by Gasteiger charge is 2.39. The number of amides is 3. The van der Waals surface area contributed by atoms with Gasteiger partial charge >= 0.3 is 12.1 Å². The van der Waals surface area contributed by atoms with Crippen molar-refractivity contribution in [1.82, 2.24) is 10.2 Å². The molecule has 1 rings (SSSR count). The fourth-order valence-corrected chi connectivity index (χ4v) is 3.44. The van der Waals surface area contributed by atoms with Crippen LogP contribution < -0.4 is 11.2 Å². The molecule has 1 aromatic rings. The number of aliphatic hydroxyl groups is 1. The summed E-state index contributed by atoms with van der Waals surface area (Å²) in [4.78, 5) is 58.9. The van der Waals surface area contributed by atoms with Crippen molar-refractivity contribution in [3.05, 3.63) is 38.2 Å². The number of aliphatic hydroxyl groups excluding tert-OH is 1. The maximum Gasteiger partial charge on any atom is 0.417 e. The first kappa shape index (κ1) is 31.8. The molecule has 0 saturated heterocycles. The number of carbonyl (C=O) groups excluding carboxylic acids is 4. The summed E-state index contributed by atoms with van der Waals surface area (Å²) >= 11 is 3.19. The molecule has 3 amide bonds. The zero-order valence-electron chi connectivity index (χ0n) is 21.4. The van der Waals surface area contributed by atoms with Crippen LogP contribution in [0.25, 0.3) is 10.4 Å². The Morgan fingerprint density at radius 2 is 1.76 bits per heavy atom. The van der Waals surface area contributed by atoms with Crippen molar-refractivity contribution in [2.45, 2.75) is 65.5 Å². The van der Waals surface area contributed by atoms with Gasteiger partial charge in [-0.05, 0) is 68.6 Å². The fourth-order valence-electron chi connectivity index (χ4n) is 2.80. The minimum atomic E-state index is -1.97. The van der Waals surface area contributed by atoms with Gasteiger partial charge in [0.2, 0.25) is 0 Å². The van der Waals surface area contributed by atoms with Gasteiger partial charge in [0.05, 0.1) is 17.9 Å². The summed E-state index contributed by atoms with van der Waals surface area (Å²) in [7, 11) is 0. The zero-order chi connectivity index (χ0) is 28.6. The predicted molar refractivity (Wildman–Crippen MR) is 134 cm³/mol. The molecule has 1 unspecified atom stereocenters. The standard InChI is InChI=1S/C22H31BrN6O8/c1-21(2,3)35-19(33)16(37-25)18(32)29(20(34)36-22(4,5)6)10-9-26-17(31)14-12(11-30)7-8-13(15(14)23)27-28-24/h7-8,16,30H,9-11,25H2,1-6H3,(H,26,31). The van der Waals surface area contributed by atoms with Crippen LogP contribution in [0.4, 0.5) is 10.5 Å². The van der Waals surface area contributed by atoms with Crippen LogP contribution >= 0.6 is 15.9 Å². The Balaban J connectivity index is 3.19. The van der Waals surface area contributed by atoms with E-state index in [-0.39, 0.29) is 27.8 Å². The molecule has 1 aromatic carbocycles. The van der Waals surface area contributed by atoms with Crippen LogP contribution in [0, 0.1) is 0 Å². The summed E-state index contributed by atoms with van der Waals surface area (Å²) in [6.45, 7) is 8.20. The van der Waals surface area contributed by atoms with E-state index in [0.717, 1.165) is 0 Å². The van der Waals surface area contributed by atoms with Gasteiger partial charge in [-0.1, -0.05) is 17.2 Å². The molecule has 0 fully saturated rings. The second kappa shape index (κ2) is 13.4. The summed E-state index contributed by atoms with van der Waals surface area (Å²) in [5.74, 6) is 2.17. The molecule has 0 bridgehead atoms. The number of esters is 1. The van der Waals surface area contributed by atoms with Crippen LogP contribution in [-0.4, -0.2) is 64.3 Å². The lowest BCUT2D eigenvalue weighted by Crippen LogP contribution is -2.52. The third kappa shape index (κ3) is 9.63. The third-order valence-corrected chi connectivity index (χ3v) is 5.04. The van der Waals surface area contributed by atoms with Crippen molar-refractivity contribution >= 4 is 45.5 Å². The number of hydrogen-bond donors (Lipinski definition) is 3. The number of benzene rings is 1. The van der Waals surface area contributed by atoms with E-state index in [0.29, 0.717) is 4.90 Å². The largest absolute Gasteiger partial charge is 0.458 e. The summed E-state index contributed by atoms with van der Waals surface area (Å²) < 4.78 is 10.5. The fraction of sp³-hybridized carbons (Fsp3) is 0.545. The monoisotopic (exact) mass is 586 g/mol. The average Bonchev–Trinajstić information content (AvgIpc) is 2.75. The molecule has 0 radical (unpaired) electrons. The van der Waals surface area contributed by atoms with Crippen molar-refractivity contribution in [3.8, 4) is 0 Å². The maximum atomic E-state index is 13.1. The van der Waals surface area contributed by atoms with E-state index in [9.17, 15) is 24.3 Å². The van der Waals surface area contributed by atoms with Crippen molar-refractivity contribution in [2.75, 3.05) is 13.1 Å². The first-order chi connectivity index (χ1) is 17.1. The highest BCUT2D eigenvalue weighted by Crippen LogP contribution is 2.32. The Hall–Kier alpha value is -3.23. The Bertz CT molecular complexity index is 1080. The molecule has 15 heteroatoms. The number of nitrogens with zero attached hydrogens (tertiary/aromatic N) is 4. The molecule has 0 aliphatic rings. The van der Waals surface area contributed by atoms with Gasteiger partial charge in [0, 0.05) is 22.5 Å². The highest BCUT2D eigenvalue weighted by molar-refractivity contribution is 9.10. The molecular formula is C22H31BrN6O8. The normalized spacial score (nSPS) is 12.1. The smallest absolute Gasteiger partial charge is 0.417 e. The molecule has 0 aliphatic carbocycles. The number of hydrogen-bond acceptors (Lipinski definition) is 10. The molecule has 0 aliphatic heterocycles. The number of rotatable bonds is 9. The van der Waals surface area contributed by atoms with Crippen LogP contribution in [0.15, 0.2) is 21.7 Å². The number of azide groups is 1.